The fraction of sp³-hybridized carbons (Fsp3) is 0.333. The molecule has 3 aromatic rings. The number of nitrogens with zero attached hydrogens (tertiary/aromatic N) is 1. The van der Waals surface area contributed by atoms with Crippen LogP contribution in [-0.2, 0) is 22.6 Å². The first-order chi connectivity index (χ1) is 17.8. The van der Waals surface area contributed by atoms with Crippen LogP contribution >= 0.6 is 35.0 Å². The number of carbonyl (C=O) groups excluding carboxylic acids is 2. The highest BCUT2D eigenvalue weighted by Gasteiger charge is 2.31. The summed E-state index contributed by atoms with van der Waals surface area (Å²) in [7, 11) is 0. The average Bonchev–Trinajstić information content (AvgIpc) is 2.88. The Labute approximate surface area is 234 Å². The second-order valence-corrected chi connectivity index (χ2v) is 11.2. The summed E-state index contributed by atoms with van der Waals surface area (Å²) in [6.45, 7) is 6.26. The molecule has 0 aliphatic heterocycles. The SMILES string of the molecule is CC[C@H](C)NC(=O)[C@H](Cc1ccccc1)N(Cc1ccc(Cl)cc1Cl)C(=O)CCSc1ccc(C)cc1. The number of hydrogen-bond acceptors (Lipinski definition) is 3. The van der Waals surface area contributed by atoms with Gasteiger partial charge in [-0.25, -0.2) is 0 Å². The fourth-order valence-corrected chi connectivity index (χ4v) is 5.17. The molecule has 0 aromatic heterocycles. The van der Waals surface area contributed by atoms with E-state index in [0.29, 0.717) is 28.6 Å². The third-order valence-corrected chi connectivity index (χ3v) is 7.83. The normalized spacial score (nSPS) is 12.6. The molecule has 196 valence electrons. The maximum atomic E-state index is 13.7. The van der Waals surface area contributed by atoms with Crippen molar-refractivity contribution in [1.82, 2.24) is 10.2 Å². The highest BCUT2D eigenvalue weighted by molar-refractivity contribution is 7.99. The van der Waals surface area contributed by atoms with Gasteiger partial charge in [0.1, 0.15) is 6.04 Å². The molecule has 0 fully saturated rings. The van der Waals surface area contributed by atoms with E-state index in [1.807, 2.05) is 50.2 Å². The highest BCUT2D eigenvalue weighted by Crippen LogP contribution is 2.25. The minimum atomic E-state index is -0.681. The molecule has 0 spiro atoms. The third kappa shape index (κ3) is 9.10. The van der Waals surface area contributed by atoms with Crippen molar-refractivity contribution < 1.29 is 9.59 Å². The summed E-state index contributed by atoms with van der Waals surface area (Å²) >= 11 is 14.2. The molecule has 0 saturated carbocycles. The maximum absolute atomic E-state index is 13.7. The molecule has 0 bridgehead atoms. The topological polar surface area (TPSA) is 49.4 Å². The minimum absolute atomic E-state index is 0.000983. The van der Waals surface area contributed by atoms with Crippen LogP contribution in [0, 0.1) is 6.92 Å². The number of thioether (sulfide) groups is 1. The first-order valence-corrected chi connectivity index (χ1v) is 14.3. The first-order valence-electron chi connectivity index (χ1n) is 12.5. The lowest BCUT2D eigenvalue weighted by molar-refractivity contribution is -0.141. The van der Waals surface area contributed by atoms with E-state index in [-0.39, 0.29) is 24.4 Å². The Balaban J connectivity index is 1.88. The van der Waals surface area contributed by atoms with Gasteiger partial charge >= 0.3 is 0 Å². The summed E-state index contributed by atoms with van der Waals surface area (Å²) in [5.74, 6) is 0.353. The Bertz CT molecular complexity index is 1170. The molecule has 3 rings (SSSR count). The van der Waals surface area contributed by atoms with Crippen LogP contribution in [0.5, 0.6) is 0 Å². The lowest BCUT2D eigenvalue weighted by atomic mass is 10.0. The zero-order valence-corrected chi connectivity index (χ0v) is 23.9. The summed E-state index contributed by atoms with van der Waals surface area (Å²) in [6.07, 6.45) is 1.50. The molecule has 0 aliphatic rings. The molecular formula is C30H34Cl2N2O2S. The molecule has 0 radical (unpaired) electrons. The second-order valence-electron chi connectivity index (χ2n) is 9.19. The zero-order chi connectivity index (χ0) is 26.8. The van der Waals surface area contributed by atoms with Crippen LogP contribution in [0.25, 0.3) is 0 Å². The highest BCUT2D eigenvalue weighted by atomic mass is 35.5. The predicted molar refractivity (Wildman–Crippen MR) is 155 cm³/mol. The van der Waals surface area contributed by atoms with Crippen molar-refractivity contribution in [2.24, 2.45) is 0 Å². The van der Waals surface area contributed by atoms with E-state index in [1.54, 1.807) is 28.8 Å². The summed E-state index contributed by atoms with van der Waals surface area (Å²) in [5, 5.41) is 4.09. The fourth-order valence-electron chi connectivity index (χ4n) is 3.86. The number of hydrogen-bond donors (Lipinski definition) is 1. The van der Waals surface area contributed by atoms with Crippen molar-refractivity contribution >= 4 is 46.8 Å². The van der Waals surface area contributed by atoms with Crippen molar-refractivity contribution in [1.29, 1.82) is 0 Å². The van der Waals surface area contributed by atoms with Gasteiger partial charge in [0.25, 0.3) is 0 Å². The van der Waals surface area contributed by atoms with Crippen LogP contribution in [0.1, 0.15) is 43.4 Å². The average molecular weight is 558 g/mol. The van der Waals surface area contributed by atoms with E-state index in [0.717, 1.165) is 22.4 Å². The first kappa shape index (κ1) is 29.1. The number of nitrogens with one attached hydrogen (secondary N) is 1. The van der Waals surface area contributed by atoms with Gasteiger partial charge in [0.05, 0.1) is 0 Å². The van der Waals surface area contributed by atoms with Gasteiger partial charge in [-0.15, -0.1) is 11.8 Å². The number of aryl methyl sites for hydroxylation is 1. The lowest BCUT2D eigenvalue weighted by Gasteiger charge is -2.32. The number of benzene rings is 3. The largest absolute Gasteiger partial charge is 0.352 e. The lowest BCUT2D eigenvalue weighted by Crippen LogP contribution is -2.52. The Hall–Kier alpha value is -2.47. The van der Waals surface area contributed by atoms with E-state index in [9.17, 15) is 9.59 Å². The molecule has 3 aromatic carbocycles. The number of halogens is 2. The van der Waals surface area contributed by atoms with Gasteiger partial charge in [-0.05, 0) is 55.7 Å². The van der Waals surface area contributed by atoms with Crippen molar-refractivity contribution in [2.45, 2.75) is 63.6 Å². The van der Waals surface area contributed by atoms with Crippen LogP contribution in [-0.4, -0.2) is 34.6 Å². The van der Waals surface area contributed by atoms with E-state index >= 15 is 0 Å². The van der Waals surface area contributed by atoms with Gasteiger partial charge in [0, 0.05) is 46.1 Å². The quantitative estimate of drug-likeness (QED) is 0.237. The minimum Gasteiger partial charge on any atom is -0.352 e. The molecule has 37 heavy (non-hydrogen) atoms. The Kier molecular flexibility index (Phi) is 11.4. The summed E-state index contributed by atoms with van der Waals surface area (Å²) in [6, 6.07) is 22.6. The van der Waals surface area contributed by atoms with Gasteiger partial charge in [0.2, 0.25) is 11.8 Å². The van der Waals surface area contributed by atoms with Crippen molar-refractivity contribution in [3.8, 4) is 0 Å². The Morgan fingerprint density at radius 3 is 2.35 bits per heavy atom. The summed E-state index contributed by atoms with van der Waals surface area (Å²) in [4.78, 5) is 30.1. The zero-order valence-electron chi connectivity index (χ0n) is 21.5. The molecular weight excluding hydrogens is 523 g/mol. The van der Waals surface area contributed by atoms with Gasteiger partial charge in [-0.1, -0.05) is 84.2 Å². The standard InChI is InChI=1S/C30H34Cl2N2O2S/c1-4-22(3)33-30(36)28(18-23-8-6-5-7-9-23)34(20-24-12-13-25(31)19-27(24)32)29(35)16-17-37-26-14-10-21(2)11-15-26/h5-15,19,22,28H,4,16-18,20H2,1-3H3,(H,33,36)/t22-,28-/m0/s1. The summed E-state index contributed by atoms with van der Waals surface area (Å²) in [5.41, 5.74) is 2.93. The van der Waals surface area contributed by atoms with Crippen LogP contribution in [0.3, 0.4) is 0 Å². The number of amides is 2. The molecule has 0 saturated heterocycles. The van der Waals surface area contributed by atoms with Crippen LogP contribution in [0.2, 0.25) is 10.0 Å². The van der Waals surface area contributed by atoms with Crippen LogP contribution in [0.15, 0.2) is 77.7 Å². The predicted octanol–water partition coefficient (Wildman–Crippen LogP) is 7.34. The molecule has 4 nitrogen and oxygen atoms in total. The Morgan fingerprint density at radius 2 is 1.70 bits per heavy atom. The van der Waals surface area contributed by atoms with E-state index < -0.39 is 6.04 Å². The smallest absolute Gasteiger partial charge is 0.243 e. The maximum Gasteiger partial charge on any atom is 0.243 e. The monoisotopic (exact) mass is 556 g/mol. The van der Waals surface area contributed by atoms with Crippen molar-refractivity contribution in [2.75, 3.05) is 5.75 Å². The van der Waals surface area contributed by atoms with Gasteiger partial charge in [-0.2, -0.15) is 0 Å². The van der Waals surface area contributed by atoms with E-state index in [4.69, 9.17) is 23.2 Å². The molecule has 7 heteroatoms. The molecule has 0 aliphatic carbocycles. The van der Waals surface area contributed by atoms with E-state index in [1.165, 1.54) is 5.56 Å². The molecule has 0 unspecified atom stereocenters. The van der Waals surface area contributed by atoms with Crippen LogP contribution in [0.4, 0.5) is 0 Å². The number of carbonyl (C=O) groups is 2. The Morgan fingerprint density at radius 1 is 1.00 bits per heavy atom. The molecule has 0 heterocycles. The van der Waals surface area contributed by atoms with Crippen molar-refractivity contribution in [3.05, 3.63) is 99.5 Å². The van der Waals surface area contributed by atoms with Crippen LogP contribution < -0.4 is 5.32 Å². The van der Waals surface area contributed by atoms with Gasteiger partial charge in [0.15, 0.2) is 0 Å². The van der Waals surface area contributed by atoms with E-state index in [2.05, 4.69) is 36.5 Å². The molecule has 1 N–H and O–H groups in total. The van der Waals surface area contributed by atoms with Crippen molar-refractivity contribution in [3.63, 3.8) is 0 Å². The molecule has 2 atom stereocenters. The second kappa shape index (κ2) is 14.5. The molecule has 2 amide bonds. The number of rotatable bonds is 12. The van der Waals surface area contributed by atoms with Gasteiger partial charge in [-0.3, -0.25) is 9.59 Å². The van der Waals surface area contributed by atoms with Gasteiger partial charge < -0.3 is 10.2 Å². The third-order valence-electron chi connectivity index (χ3n) is 6.23. The summed E-state index contributed by atoms with van der Waals surface area (Å²) < 4.78 is 0.